The van der Waals surface area contributed by atoms with Gasteiger partial charge in [0.2, 0.25) is 5.82 Å². The van der Waals surface area contributed by atoms with Crippen molar-refractivity contribution < 1.29 is 22.7 Å². The molecule has 1 atom stereocenters. The third-order valence-electron chi connectivity index (χ3n) is 3.85. The number of carbonyl (C=O) groups excluding carboxylic acids is 1. The Bertz CT molecular complexity index is 975. The first-order valence-corrected chi connectivity index (χ1v) is 8.86. The summed E-state index contributed by atoms with van der Waals surface area (Å²) < 4.78 is 44.4. The number of carbonyl (C=O) groups is 1. The molecule has 0 aliphatic carbocycles. The molecule has 0 spiro atoms. The summed E-state index contributed by atoms with van der Waals surface area (Å²) in [5, 5.41) is -0.0232. The maximum absolute atomic E-state index is 13.1. The van der Waals surface area contributed by atoms with Crippen molar-refractivity contribution in [2.45, 2.75) is 23.4 Å². The molecule has 0 aliphatic rings. The van der Waals surface area contributed by atoms with Crippen LogP contribution in [-0.4, -0.2) is 28.1 Å². The lowest BCUT2D eigenvalue weighted by Crippen LogP contribution is -2.16. The number of thioether (sulfide) groups is 1. The molecule has 0 aliphatic heterocycles. The van der Waals surface area contributed by atoms with Gasteiger partial charge in [0, 0.05) is 10.9 Å². The number of methoxy groups -OCH3 is 1. The van der Waals surface area contributed by atoms with Crippen LogP contribution in [0.5, 0.6) is 5.75 Å². The topological polar surface area (TPSA) is 52.1 Å². The van der Waals surface area contributed by atoms with Crippen molar-refractivity contribution in [2.75, 3.05) is 7.11 Å². The number of aromatic nitrogens is 2. The van der Waals surface area contributed by atoms with E-state index >= 15 is 0 Å². The minimum atomic E-state index is -4.66. The Hall–Kier alpha value is -2.61. The number of benzene rings is 2. The van der Waals surface area contributed by atoms with Gasteiger partial charge in [-0.2, -0.15) is 13.2 Å². The molecule has 8 heteroatoms. The second-order valence-electron chi connectivity index (χ2n) is 5.72. The van der Waals surface area contributed by atoms with E-state index in [4.69, 9.17) is 4.74 Å². The van der Waals surface area contributed by atoms with Crippen LogP contribution in [-0.2, 0) is 6.18 Å². The third-order valence-corrected chi connectivity index (χ3v) is 4.96. The summed E-state index contributed by atoms with van der Waals surface area (Å²) in [5.74, 6) is -0.810. The number of hydrogen-bond donors (Lipinski definition) is 0. The zero-order chi connectivity index (χ0) is 19.6. The molecule has 1 unspecified atom stereocenters. The summed E-state index contributed by atoms with van der Waals surface area (Å²) in [4.78, 5) is 19.9. The van der Waals surface area contributed by atoms with Crippen molar-refractivity contribution in [3.8, 4) is 5.75 Å². The van der Waals surface area contributed by atoms with Gasteiger partial charge in [-0.05, 0) is 37.3 Å². The van der Waals surface area contributed by atoms with Gasteiger partial charge in [0.1, 0.15) is 10.8 Å². The molecule has 1 aromatic heterocycles. The molecule has 4 nitrogen and oxygen atoms in total. The first kappa shape index (κ1) is 19.2. The van der Waals surface area contributed by atoms with Crippen molar-refractivity contribution in [3.05, 3.63) is 59.9 Å². The average Bonchev–Trinajstić information content (AvgIpc) is 2.66. The summed E-state index contributed by atoms with van der Waals surface area (Å²) >= 11 is 0.984. The summed E-state index contributed by atoms with van der Waals surface area (Å²) in [6, 6.07) is 13.0. The van der Waals surface area contributed by atoms with Crippen molar-refractivity contribution in [2.24, 2.45) is 0 Å². The molecule has 27 heavy (non-hydrogen) atoms. The summed E-state index contributed by atoms with van der Waals surface area (Å²) in [7, 11) is 1.52. The van der Waals surface area contributed by atoms with Gasteiger partial charge in [-0.15, -0.1) is 0 Å². The molecule has 0 fully saturated rings. The second-order valence-corrected chi connectivity index (χ2v) is 7.05. The maximum Gasteiger partial charge on any atom is 0.451 e. The molecular formula is C19H15F3N2O2S. The second kappa shape index (κ2) is 7.56. The lowest BCUT2D eigenvalue weighted by atomic mass is 10.1. The number of Topliss-reactive ketones (excluding diaryl/α,β-unsaturated/α-hetero) is 1. The maximum atomic E-state index is 13.1. The van der Waals surface area contributed by atoms with Crippen LogP contribution in [0.3, 0.4) is 0 Å². The molecule has 0 radical (unpaired) electrons. The number of para-hydroxylation sites is 1. The number of ether oxygens (including phenoxy) is 1. The van der Waals surface area contributed by atoms with Gasteiger partial charge >= 0.3 is 6.18 Å². The Kier molecular flexibility index (Phi) is 5.36. The standard InChI is InChI=1S/C19H15F3N2O2S/c1-11(16(25)12-7-9-13(26-2)10-8-12)27-17-14-5-3-4-6-15(14)23-18(24-17)19(20,21)22/h3-11H,1-2H3. The van der Waals surface area contributed by atoms with Gasteiger partial charge in [-0.25, -0.2) is 9.97 Å². The molecular weight excluding hydrogens is 377 g/mol. The smallest absolute Gasteiger partial charge is 0.451 e. The third kappa shape index (κ3) is 4.21. The highest BCUT2D eigenvalue weighted by Crippen LogP contribution is 2.34. The highest BCUT2D eigenvalue weighted by atomic mass is 32.2. The van der Waals surface area contributed by atoms with Crippen LogP contribution in [0.1, 0.15) is 23.1 Å². The number of rotatable bonds is 5. The molecule has 3 rings (SSSR count). The first-order valence-electron chi connectivity index (χ1n) is 7.98. The predicted octanol–water partition coefficient (Wildman–Crippen LogP) is 5.02. The monoisotopic (exact) mass is 392 g/mol. The van der Waals surface area contributed by atoms with Crippen LogP contribution in [0.4, 0.5) is 13.2 Å². The molecule has 0 saturated carbocycles. The molecule has 0 bridgehead atoms. The zero-order valence-electron chi connectivity index (χ0n) is 14.4. The minimum Gasteiger partial charge on any atom is -0.497 e. The van der Waals surface area contributed by atoms with Crippen LogP contribution < -0.4 is 4.74 Å². The molecule has 0 N–H and O–H groups in total. The van der Waals surface area contributed by atoms with E-state index in [0.717, 1.165) is 11.8 Å². The van der Waals surface area contributed by atoms with E-state index in [9.17, 15) is 18.0 Å². The van der Waals surface area contributed by atoms with Crippen LogP contribution in [0.2, 0.25) is 0 Å². The SMILES string of the molecule is COc1ccc(C(=O)C(C)Sc2nc(C(F)(F)F)nc3ccccc23)cc1. The van der Waals surface area contributed by atoms with Crippen molar-refractivity contribution in [1.82, 2.24) is 9.97 Å². The van der Waals surface area contributed by atoms with E-state index < -0.39 is 17.3 Å². The molecule has 3 aromatic rings. The molecule has 140 valence electrons. The minimum absolute atomic E-state index is 0.127. The van der Waals surface area contributed by atoms with E-state index in [2.05, 4.69) is 9.97 Å². The van der Waals surface area contributed by atoms with Gasteiger partial charge in [-0.3, -0.25) is 4.79 Å². The summed E-state index contributed by atoms with van der Waals surface area (Å²) in [5.41, 5.74) is 0.636. The van der Waals surface area contributed by atoms with Crippen molar-refractivity contribution >= 4 is 28.4 Å². The first-order chi connectivity index (χ1) is 12.8. The fourth-order valence-electron chi connectivity index (χ4n) is 2.48. The van der Waals surface area contributed by atoms with E-state index in [1.165, 1.54) is 13.2 Å². The lowest BCUT2D eigenvalue weighted by Gasteiger charge is -2.14. The summed E-state index contributed by atoms with van der Waals surface area (Å²) in [6.45, 7) is 1.64. The van der Waals surface area contributed by atoms with Crippen LogP contribution >= 0.6 is 11.8 Å². The van der Waals surface area contributed by atoms with E-state index in [-0.39, 0.29) is 16.3 Å². The number of nitrogens with zero attached hydrogens (tertiary/aromatic N) is 2. The van der Waals surface area contributed by atoms with Gasteiger partial charge in [0.25, 0.3) is 0 Å². The van der Waals surface area contributed by atoms with Crippen LogP contribution in [0.25, 0.3) is 10.9 Å². The van der Waals surface area contributed by atoms with Crippen molar-refractivity contribution in [3.63, 3.8) is 0 Å². The van der Waals surface area contributed by atoms with Gasteiger partial charge in [-0.1, -0.05) is 30.0 Å². The Morgan fingerprint density at radius 3 is 2.37 bits per heavy atom. The largest absolute Gasteiger partial charge is 0.497 e. The Balaban J connectivity index is 1.93. The molecule has 1 heterocycles. The van der Waals surface area contributed by atoms with Gasteiger partial charge in [0.05, 0.1) is 17.9 Å². The van der Waals surface area contributed by atoms with E-state index in [1.807, 2.05) is 0 Å². The Morgan fingerprint density at radius 1 is 1.07 bits per heavy atom. The van der Waals surface area contributed by atoms with Crippen LogP contribution in [0, 0.1) is 0 Å². The number of alkyl halides is 3. The number of ketones is 1. The lowest BCUT2D eigenvalue weighted by molar-refractivity contribution is -0.145. The number of hydrogen-bond acceptors (Lipinski definition) is 5. The highest BCUT2D eigenvalue weighted by molar-refractivity contribution is 8.00. The zero-order valence-corrected chi connectivity index (χ0v) is 15.3. The molecule has 2 aromatic carbocycles. The van der Waals surface area contributed by atoms with E-state index in [0.29, 0.717) is 16.7 Å². The Labute approximate surface area is 157 Å². The number of halogens is 3. The average molecular weight is 392 g/mol. The normalized spacial score (nSPS) is 12.8. The number of fused-ring (bicyclic) bond motifs is 1. The van der Waals surface area contributed by atoms with Gasteiger partial charge < -0.3 is 4.74 Å². The molecule has 0 saturated heterocycles. The predicted molar refractivity (Wildman–Crippen MR) is 97.2 cm³/mol. The molecule has 0 amide bonds. The fourth-order valence-corrected chi connectivity index (χ4v) is 3.49. The van der Waals surface area contributed by atoms with Crippen molar-refractivity contribution in [1.29, 1.82) is 0 Å². The summed E-state index contributed by atoms with van der Waals surface area (Å²) in [6.07, 6.45) is -4.66. The quantitative estimate of drug-likeness (QED) is 0.347. The van der Waals surface area contributed by atoms with E-state index in [1.54, 1.807) is 49.4 Å². The highest BCUT2D eigenvalue weighted by Gasteiger charge is 2.36. The Morgan fingerprint density at radius 2 is 1.74 bits per heavy atom. The van der Waals surface area contributed by atoms with Crippen LogP contribution in [0.15, 0.2) is 53.6 Å². The van der Waals surface area contributed by atoms with Gasteiger partial charge in [0.15, 0.2) is 5.78 Å². The fraction of sp³-hybridized carbons (Fsp3) is 0.211.